The molecule has 0 aliphatic rings. The molecule has 0 saturated heterocycles. The fraction of sp³-hybridized carbons (Fsp3) is 0.0455. The average molecular weight is 437 g/mol. The number of nitrogens with one attached hydrogen (secondary N) is 2. The molecule has 0 fully saturated rings. The van der Waals surface area contributed by atoms with E-state index in [-0.39, 0.29) is 5.69 Å². The number of aromatic nitrogens is 4. The Morgan fingerprint density at radius 3 is 2.62 bits per heavy atom. The second-order valence-corrected chi connectivity index (χ2v) is 7.01. The first-order valence-electron chi connectivity index (χ1n) is 9.42. The highest BCUT2D eigenvalue weighted by molar-refractivity contribution is 6.08. The predicted octanol–water partition coefficient (Wildman–Crippen LogP) is 5.28. The Balaban J connectivity index is 1.43. The van der Waals surface area contributed by atoms with Crippen LogP contribution >= 0.6 is 0 Å². The molecular formula is C22H14F3N5O2. The molecule has 2 aromatic carbocycles. The number of halogens is 3. The molecule has 0 bridgehead atoms. The molecule has 1 amide bonds. The molecule has 3 aromatic heterocycles. The third-order valence-corrected chi connectivity index (χ3v) is 4.97. The largest absolute Gasteiger partial charge is 0.451 e. The van der Waals surface area contributed by atoms with Crippen LogP contribution in [0.3, 0.4) is 0 Å². The molecule has 0 atom stereocenters. The van der Waals surface area contributed by atoms with Crippen LogP contribution in [0, 0.1) is 0 Å². The molecule has 10 heteroatoms. The number of carbonyl (C=O) groups is 1. The molecule has 32 heavy (non-hydrogen) atoms. The number of nitrogens with zero attached hydrogens (tertiary/aromatic N) is 3. The van der Waals surface area contributed by atoms with Crippen molar-refractivity contribution in [1.29, 1.82) is 0 Å². The van der Waals surface area contributed by atoms with E-state index in [0.29, 0.717) is 11.4 Å². The summed E-state index contributed by atoms with van der Waals surface area (Å²) in [4.78, 5) is 19.2. The smallest absolute Gasteiger partial charge is 0.416 e. The van der Waals surface area contributed by atoms with Crippen LogP contribution in [-0.2, 0) is 6.18 Å². The molecular weight excluding hydrogens is 423 g/mol. The normalized spacial score (nSPS) is 11.7. The Kier molecular flexibility index (Phi) is 4.54. The first-order chi connectivity index (χ1) is 15.4. The minimum absolute atomic E-state index is 0.160. The number of benzene rings is 2. The fourth-order valence-electron chi connectivity index (χ4n) is 3.33. The van der Waals surface area contributed by atoms with E-state index in [1.54, 1.807) is 18.6 Å². The summed E-state index contributed by atoms with van der Waals surface area (Å²) in [5.41, 5.74) is 2.94. The molecule has 0 aliphatic carbocycles. The first-order valence-corrected chi connectivity index (χ1v) is 9.42. The fourth-order valence-corrected chi connectivity index (χ4v) is 3.33. The third kappa shape index (κ3) is 3.62. The van der Waals surface area contributed by atoms with Crippen LogP contribution in [0.5, 0.6) is 0 Å². The Labute approximate surface area is 178 Å². The van der Waals surface area contributed by atoms with Gasteiger partial charge in [0.25, 0.3) is 5.91 Å². The van der Waals surface area contributed by atoms with Gasteiger partial charge in [0.15, 0.2) is 12.1 Å². The number of H-pyrrole nitrogens is 1. The predicted molar refractivity (Wildman–Crippen MR) is 110 cm³/mol. The third-order valence-electron chi connectivity index (χ3n) is 4.97. The van der Waals surface area contributed by atoms with Crippen LogP contribution in [0.15, 0.2) is 78.1 Å². The van der Waals surface area contributed by atoms with E-state index in [9.17, 15) is 18.0 Å². The lowest BCUT2D eigenvalue weighted by atomic mass is 10.1. The maximum atomic E-state index is 12.8. The second kappa shape index (κ2) is 7.41. The molecule has 7 nitrogen and oxygen atoms in total. The number of amides is 1. The van der Waals surface area contributed by atoms with Gasteiger partial charge in [0.05, 0.1) is 23.1 Å². The van der Waals surface area contributed by atoms with Gasteiger partial charge in [0, 0.05) is 28.9 Å². The van der Waals surface area contributed by atoms with E-state index in [4.69, 9.17) is 4.42 Å². The zero-order valence-electron chi connectivity index (χ0n) is 16.2. The van der Waals surface area contributed by atoms with Gasteiger partial charge in [0.2, 0.25) is 0 Å². The summed E-state index contributed by atoms with van der Waals surface area (Å²) < 4.78 is 44.7. The molecule has 160 valence electrons. The van der Waals surface area contributed by atoms with Crippen LogP contribution in [0.4, 0.5) is 18.9 Å². The molecule has 0 spiro atoms. The van der Waals surface area contributed by atoms with Gasteiger partial charge in [-0.2, -0.15) is 18.3 Å². The van der Waals surface area contributed by atoms with Crippen LogP contribution in [0.2, 0.25) is 0 Å². The van der Waals surface area contributed by atoms with Crippen molar-refractivity contribution in [2.75, 3.05) is 5.32 Å². The summed E-state index contributed by atoms with van der Waals surface area (Å²) in [7, 11) is 0. The van der Waals surface area contributed by atoms with E-state index < -0.39 is 17.6 Å². The van der Waals surface area contributed by atoms with Gasteiger partial charge >= 0.3 is 6.18 Å². The Morgan fingerprint density at radius 2 is 1.91 bits per heavy atom. The first kappa shape index (κ1) is 19.6. The summed E-state index contributed by atoms with van der Waals surface area (Å²) in [5.74, 6) is -0.403. The molecule has 3 heterocycles. The van der Waals surface area contributed by atoms with Gasteiger partial charge in [-0.05, 0) is 42.0 Å². The quantitative estimate of drug-likeness (QED) is 0.400. The minimum Gasteiger partial charge on any atom is -0.451 e. The van der Waals surface area contributed by atoms with Gasteiger partial charge in [-0.25, -0.2) is 9.67 Å². The van der Waals surface area contributed by atoms with Crippen molar-refractivity contribution in [1.82, 2.24) is 19.7 Å². The Morgan fingerprint density at radius 1 is 1.09 bits per heavy atom. The van der Waals surface area contributed by atoms with Gasteiger partial charge in [-0.1, -0.05) is 6.07 Å². The van der Waals surface area contributed by atoms with Crippen molar-refractivity contribution in [3.05, 3.63) is 85.0 Å². The lowest BCUT2D eigenvalue weighted by Gasteiger charge is -2.07. The standard InChI is InChI=1S/C22H14F3N5O2/c23-22(24,25)15-2-4-16(5-3-15)30-10-14(8-28-30)13-1-6-18-17(7-13)19(9-26-18)29-21(31)20-11-32-12-27-20/h1-12,26H,(H,29,31). The number of alkyl halides is 3. The average Bonchev–Trinajstić information content (AvgIpc) is 3.54. The van der Waals surface area contributed by atoms with Crippen LogP contribution < -0.4 is 5.32 Å². The minimum atomic E-state index is -4.39. The molecule has 0 aliphatic heterocycles. The highest BCUT2D eigenvalue weighted by Crippen LogP contribution is 2.31. The molecule has 0 radical (unpaired) electrons. The summed E-state index contributed by atoms with van der Waals surface area (Å²) in [5, 5.41) is 7.83. The van der Waals surface area contributed by atoms with Crippen molar-refractivity contribution < 1.29 is 22.4 Å². The molecule has 0 saturated carbocycles. The van der Waals surface area contributed by atoms with Gasteiger partial charge in [-0.3, -0.25) is 4.79 Å². The van der Waals surface area contributed by atoms with E-state index in [2.05, 4.69) is 20.4 Å². The number of anilines is 1. The molecule has 0 unspecified atom stereocenters. The highest BCUT2D eigenvalue weighted by Gasteiger charge is 2.30. The van der Waals surface area contributed by atoms with Crippen molar-refractivity contribution >= 4 is 22.5 Å². The maximum Gasteiger partial charge on any atom is 0.416 e. The van der Waals surface area contributed by atoms with Gasteiger partial charge in [-0.15, -0.1) is 0 Å². The van der Waals surface area contributed by atoms with Crippen molar-refractivity contribution in [3.8, 4) is 16.8 Å². The van der Waals surface area contributed by atoms with Crippen molar-refractivity contribution in [2.24, 2.45) is 0 Å². The SMILES string of the molecule is O=C(Nc1c[nH]c2ccc(-c3cnn(-c4ccc(C(F)(F)F)cc4)c3)cc12)c1cocn1. The van der Waals surface area contributed by atoms with Gasteiger partial charge < -0.3 is 14.7 Å². The summed E-state index contributed by atoms with van der Waals surface area (Å²) in [6, 6.07) is 10.4. The number of fused-ring (bicyclic) bond motifs is 1. The molecule has 5 aromatic rings. The second-order valence-electron chi connectivity index (χ2n) is 7.01. The van der Waals surface area contributed by atoms with Crippen LogP contribution in [0.25, 0.3) is 27.7 Å². The van der Waals surface area contributed by atoms with E-state index in [1.165, 1.54) is 29.5 Å². The summed E-state index contributed by atoms with van der Waals surface area (Å²) in [6.07, 6.45) is 3.07. The Bertz CT molecular complexity index is 1400. The molecule has 2 N–H and O–H groups in total. The van der Waals surface area contributed by atoms with Crippen LogP contribution in [0.1, 0.15) is 16.1 Å². The number of rotatable bonds is 4. The maximum absolute atomic E-state index is 12.8. The number of hydrogen-bond donors (Lipinski definition) is 2. The topological polar surface area (TPSA) is 88.7 Å². The Hall–Kier alpha value is -4.34. The summed E-state index contributed by atoms with van der Waals surface area (Å²) in [6.45, 7) is 0. The monoisotopic (exact) mass is 437 g/mol. The van der Waals surface area contributed by atoms with E-state index >= 15 is 0 Å². The number of hydrogen-bond acceptors (Lipinski definition) is 4. The van der Waals surface area contributed by atoms with E-state index in [0.717, 1.165) is 34.2 Å². The molecule has 5 rings (SSSR count). The van der Waals surface area contributed by atoms with Crippen molar-refractivity contribution in [3.63, 3.8) is 0 Å². The van der Waals surface area contributed by atoms with Gasteiger partial charge in [0.1, 0.15) is 6.26 Å². The number of aromatic amines is 1. The zero-order valence-corrected chi connectivity index (χ0v) is 16.2. The number of oxazole rings is 1. The number of carbonyl (C=O) groups excluding carboxylic acids is 1. The van der Waals surface area contributed by atoms with Crippen LogP contribution in [-0.4, -0.2) is 25.7 Å². The van der Waals surface area contributed by atoms with E-state index in [1.807, 2.05) is 18.2 Å². The van der Waals surface area contributed by atoms with Crippen molar-refractivity contribution in [2.45, 2.75) is 6.18 Å². The lowest BCUT2D eigenvalue weighted by molar-refractivity contribution is -0.137. The lowest BCUT2D eigenvalue weighted by Crippen LogP contribution is -2.11. The highest BCUT2D eigenvalue weighted by atomic mass is 19.4. The summed E-state index contributed by atoms with van der Waals surface area (Å²) >= 11 is 0. The zero-order chi connectivity index (χ0) is 22.3.